The monoisotopic (exact) mass is 415 g/mol. The van der Waals surface area contributed by atoms with Crippen LogP contribution in [0.25, 0.3) is 5.52 Å². The Labute approximate surface area is 170 Å². The van der Waals surface area contributed by atoms with Crippen LogP contribution in [-0.4, -0.2) is 63.1 Å². The summed E-state index contributed by atoms with van der Waals surface area (Å²) in [7, 11) is -1.78. The van der Waals surface area contributed by atoms with Gasteiger partial charge in [0.1, 0.15) is 11.3 Å². The van der Waals surface area contributed by atoms with E-state index in [9.17, 15) is 8.42 Å². The number of nitrogens with zero attached hydrogens (tertiary/aromatic N) is 7. The van der Waals surface area contributed by atoms with Crippen molar-refractivity contribution in [3.8, 4) is 0 Å². The van der Waals surface area contributed by atoms with Gasteiger partial charge in [-0.1, -0.05) is 0 Å². The molecule has 1 saturated heterocycles. The zero-order valence-electron chi connectivity index (χ0n) is 16.7. The van der Waals surface area contributed by atoms with E-state index in [4.69, 9.17) is 5.10 Å². The molecule has 0 atom stereocenters. The van der Waals surface area contributed by atoms with Crippen molar-refractivity contribution in [2.24, 2.45) is 7.05 Å². The van der Waals surface area contributed by atoms with Gasteiger partial charge in [0.2, 0.25) is 0 Å². The zero-order valence-corrected chi connectivity index (χ0v) is 17.6. The number of aromatic nitrogens is 5. The first-order valence-electron chi connectivity index (χ1n) is 10.1. The van der Waals surface area contributed by atoms with E-state index >= 15 is 0 Å². The summed E-state index contributed by atoms with van der Waals surface area (Å²) in [5, 5.41) is 4.87. The molecule has 2 aliphatic rings. The molecule has 1 fully saturated rings. The third-order valence-corrected chi connectivity index (χ3v) is 7.80. The first-order valence-corrected chi connectivity index (χ1v) is 11.5. The number of piperazine rings is 1. The molecule has 154 valence electrons. The summed E-state index contributed by atoms with van der Waals surface area (Å²) in [4.78, 5) is 11.0. The summed E-state index contributed by atoms with van der Waals surface area (Å²) < 4.78 is 31.1. The van der Waals surface area contributed by atoms with E-state index < -0.39 is 10.0 Å². The van der Waals surface area contributed by atoms with Gasteiger partial charge in [-0.05, 0) is 32.6 Å². The molecule has 5 rings (SSSR count). The summed E-state index contributed by atoms with van der Waals surface area (Å²) in [5.74, 6) is 1.59. The molecular formula is C19H25N7O2S. The minimum Gasteiger partial charge on any atom is -0.352 e. The number of hydrogen-bond donors (Lipinski definition) is 0. The van der Waals surface area contributed by atoms with Crippen molar-refractivity contribution in [2.45, 2.75) is 37.6 Å². The Morgan fingerprint density at radius 2 is 1.83 bits per heavy atom. The van der Waals surface area contributed by atoms with Crippen LogP contribution < -0.4 is 4.90 Å². The Morgan fingerprint density at radius 1 is 1.07 bits per heavy atom. The second kappa shape index (κ2) is 6.81. The van der Waals surface area contributed by atoms with Crippen molar-refractivity contribution in [3.05, 3.63) is 35.7 Å². The lowest BCUT2D eigenvalue weighted by Crippen LogP contribution is -2.49. The molecule has 0 aromatic carbocycles. The third-order valence-electron chi connectivity index (χ3n) is 6.03. The molecule has 4 heterocycles. The molecule has 0 unspecified atom stereocenters. The topological polar surface area (TPSA) is 88.6 Å². The highest BCUT2D eigenvalue weighted by Gasteiger charge is 2.32. The number of rotatable bonds is 3. The fourth-order valence-corrected chi connectivity index (χ4v) is 5.75. The summed E-state index contributed by atoms with van der Waals surface area (Å²) in [5.41, 5.74) is 3.56. The number of fused-ring (bicyclic) bond motifs is 3. The highest BCUT2D eigenvalue weighted by molar-refractivity contribution is 7.89. The molecule has 1 aliphatic carbocycles. The normalized spacial score (nSPS) is 18.3. The Bertz CT molecular complexity index is 1150. The molecular weight excluding hydrogens is 390 g/mol. The Balaban J connectivity index is 1.40. The average Bonchev–Trinajstić information content (AvgIpc) is 3.28. The van der Waals surface area contributed by atoms with Crippen molar-refractivity contribution in [3.63, 3.8) is 0 Å². The number of hydrogen-bond acceptors (Lipinski definition) is 6. The highest BCUT2D eigenvalue weighted by atomic mass is 32.2. The predicted octanol–water partition coefficient (Wildman–Crippen LogP) is 1.16. The quantitative estimate of drug-likeness (QED) is 0.638. The van der Waals surface area contributed by atoms with Crippen molar-refractivity contribution in [2.75, 3.05) is 31.1 Å². The Morgan fingerprint density at radius 3 is 2.55 bits per heavy atom. The van der Waals surface area contributed by atoms with Crippen LogP contribution in [0.15, 0.2) is 23.6 Å². The fraction of sp³-hybridized carbons (Fsp3) is 0.526. The van der Waals surface area contributed by atoms with Gasteiger partial charge in [-0.25, -0.2) is 22.9 Å². The smallest absolute Gasteiger partial charge is 0.262 e. The summed E-state index contributed by atoms with van der Waals surface area (Å²) in [6, 6.07) is 0. The molecule has 3 aromatic heterocycles. The van der Waals surface area contributed by atoms with Crippen molar-refractivity contribution in [1.82, 2.24) is 28.5 Å². The van der Waals surface area contributed by atoms with E-state index in [1.807, 2.05) is 10.7 Å². The molecule has 3 aromatic rings. The van der Waals surface area contributed by atoms with Crippen LogP contribution in [0.2, 0.25) is 0 Å². The van der Waals surface area contributed by atoms with E-state index in [0.29, 0.717) is 32.0 Å². The maximum atomic E-state index is 13.0. The van der Waals surface area contributed by atoms with Gasteiger partial charge in [0.05, 0.1) is 5.69 Å². The lowest BCUT2D eigenvalue weighted by atomic mass is 9.97. The highest BCUT2D eigenvalue weighted by Crippen LogP contribution is 2.31. The molecule has 0 saturated carbocycles. The van der Waals surface area contributed by atoms with Gasteiger partial charge in [0, 0.05) is 57.4 Å². The van der Waals surface area contributed by atoms with Gasteiger partial charge in [-0.2, -0.15) is 9.40 Å². The van der Waals surface area contributed by atoms with Crippen molar-refractivity contribution < 1.29 is 8.42 Å². The van der Waals surface area contributed by atoms with E-state index in [0.717, 1.165) is 24.2 Å². The number of anilines is 1. The van der Waals surface area contributed by atoms with Crippen LogP contribution in [0.3, 0.4) is 0 Å². The molecule has 10 heteroatoms. The molecule has 0 N–H and O–H groups in total. The lowest BCUT2D eigenvalue weighted by Gasteiger charge is -2.34. The number of aryl methyl sites for hydroxylation is 4. The van der Waals surface area contributed by atoms with Crippen LogP contribution in [0.1, 0.15) is 29.9 Å². The molecule has 0 bridgehead atoms. The van der Waals surface area contributed by atoms with Gasteiger partial charge in [0.15, 0.2) is 10.8 Å². The molecule has 0 radical (unpaired) electrons. The van der Waals surface area contributed by atoms with E-state index in [2.05, 4.69) is 14.9 Å². The predicted molar refractivity (Wildman–Crippen MR) is 109 cm³/mol. The minimum atomic E-state index is -3.58. The minimum absolute atomic E-state index is 0.121. The SMILES string of the molecule is Cc1nc(S(=O)(=O)N2CCN(c3nccn4nc5c(c34)CCCC5)CC2)cn1C. The Hall–Kier alpha value is -2.46. The van der Waals surface area contributed by atoms with Crippen LogP contribution in [-0.2, 0) is 29.9 Å². The second-order valence-electron chi connectivity index (χ2n) is 7.80. The maximum absolute atomic E-state index is 13.0. The van der Waals surface area contributed by atoms with Gasteiger partial charge < -0.3 is 9.47 Å². The number of sulfonamides is 1. The zero-order chi connectivity index (χ0) is 20.2. The Kier molecular flexibility index (Phi) is 4.36. The third kappa shape index (κ3) is 3.01. The van der Waals surface area contributed by atoms with Crippen molar-refractivity contribution >= 4 is 21.4 Å². The van der Waals surface area contributed by atoms with Gasteiger partial charge in [-0.3, -0.25) is 0 Å². The fourth-order valence-electron chi connectivity index (χ4n) is 4.30. The second-order valence-corrected chi connectivity index (χ2v) is 9.69. The lowest BCUT2D eigenvalue weighted by molar-refractivity contribution is 0.382. The van der Waals surface area contributed by atoms with Gasteiger partial charge >= 0.3 is 0 Å². The molecule has 9 nitrogen and oxygen atoms in total. The van der Waals surface area contributed by atoms with Crippen molar-refractivity contribution in [1.29, 1.82) is 0 Å². The largest absolute Gasteiger partial charge is 0.352 e. The summed E-state index contributed by atoms with van der Waals surface area (Å²) in [6.45, 7) is 3.82. The van der Waals surface area contributed by atoms with Crippen LogP contribution in [0, 0.1) is 6.92 Å². The first-order chi connectivity index (χ1) is 13.9. The number of imidazole rings is 1. The average molecular weight is 416 g/mol. The molecule has 0 amide bonds. The molecule has 29 heavy (non-hydrogen) atoms. The molecule has 1 aliphatic heterocycles. The van der Waals surface area contributed by atoms with Gasteiger partial charge in [-0.15, -0.1) is 0 Å². The van der Waals surface area contributed by atoms with E-state index in [-0.39, 0.29) is 5.03 Å². The standard InChI is InChI=1S/C19H25N7O2S/c1-14-21-17(13-23(14)2)29(27,28)25-11-9-24(10-12-25)19-18-15-5-3-4-6-16(15)22-26(18)8-7-20-19/h7-8,13H,3-6,9-12H2,1-2H3. The molecule has 0 spiro atoms. The van der Waals surface area contributed by atoms with Crippen LogP contribution >= 0.6 is 0 Å². The van der Waals surface area contributed by atoms with Crippen LogP contribution in [0.4, 0.5) is 5.82 Å². The summed E-state index contributed by atoms with van der Waals surface area (Å²) in [6.07, 6.45) is 9.68. The van der Waals surface area contributed by atoms with Crippen LogP contribution in [0.5, 0.6) is 0 Å². The van der Waals surface area contributed by atoms with E-state index in [1.165, 1.54) is 28.4 Å². The van der Waals surface area contributed by atoms with Gasteiger partial charge in [0.25, 0.3) is 10.0 Å². The maximum Gasteiger partial charge on any atom is 0.262 e. The first kappa shape index (κ1) is 18.6. The summed E-state index contributed by atoms with van der Waals surface area (Å²) >= 11 is 0. The van der Waals surface area contributed by atoms with E-state index in [1.54, 1.807) is 30.9 Å².